The van der Waals surface area contributed by atoms with Crippen LogP contribution in [-0.4, -0.2) is 34.4 Å². The maximum atomic E-state index is 11.3. The number of rotatable bonds is 2. The molecular formula is C10H14O5. The SMILES string of the molecule is C[C@]1(C(=O)O)[C@H]2CC[C@H](O2)[C@@]1(C)C(=O)O. The number of ether oxygens (including phenoxy) is 1. The fourth-order valence-electron chi connectivity index (χ4n) is 2.88. The van der Waals surface area contributed by atoms with Crippen molar-refractivity contribution < 1.29 is 24.5 Å². The van der Waals surface area contributed by atoms with Crippen LogP contribution in [0.15, 0.2) is 0 Å². The molecule has 2 aliphatic heterocycles. The van der Waals surface area contributed by atoms with Gasteiger partial charge in [-0.3, -0.25) is 9.59 Å². The normalized spacial score (nSPS) is 48.1. The lowest BCUT2D eigenvalue weighted by atomic mass is 9.57. The van der Waals surface area contributed by atoms with Crippen molar-refractivity contribution >= 4 is 11.9 Å². The summed E-state index contributed by atoms with van der Waals surface area (Å²) in [6, 6.07) is 0. The zero-order valence-corrected chi connectivity index (χ0v) is 8.69. The second kappa shape index (κ2) is 2.72. The molecule has 2 N–H and O–H groups in total. The Morgan fingerprint density at radius 2 is 1.40 bits per heavy atom. The fraction of sp³-hybridized carbons (Fsp3) is 0.800. The molecule has 2 aliphatic rings. The van der Waals surface area contributed by atoms with Gasteiger partial charge < -0.3 is 14.9 Å². The fourth-order valence-corrected chi connectivity index (χ4v) is 2.88. The van der Waals surface area contributed by atoms with Crippen LogP contribution >= 0.6 is 0 Å². The number of hydrogen-bond acceptors (Lipinski definition) is 3. The predicted octanol–water partition coefficient (Wildman–Crippen LogP) is 0.729. The lowest BCUT2D eigenvalue weighted by Crippen LogP contribution is -2.55. The Morgan fingerprint density at radius 3 is 1.67 bits per heavy atom. The van der Waals surface area contributed by atoms with Gasteiger partial charge in [-0.1, -0.05) is 0 Å². The zero-order chi connectivity index (χ0) is 11.4. The number of hydrogen-bond donors (Lipinski definition) is 2. The Hall–Kier alpha value is -1.10. The van der Waals surface area contributed by atoms with Crippen molar-refractivity contribution in [2.24, 2.45) is 10.8 Å². The molecule has 2 fully saturated rings. The van der Waals surface area contributed by atoms with E-state index in [2.05, 4.69) is 0 Å². The molecule has 0 radical (unpaired) electrons. The standard InChI is InChI=1S/C10H14O5/c1-9(7(11)12)5-3-4-6(15-5)10(9,2)8(13)14/h5-6H,3-4H2,1-2H3,(H,11,12)(H,13,14)/t5-,6+,9-,10+. The molecule has 5 nitrogen and oxygen atoms in total. The van der Waals surface area contributed by atoms with Crippen LogP contribution < -0.4 is 0 Å². The molecule has 4 atom stereocenters. The molecule has 0 spiro atoms. The lowest BCUT2D eigenvalue weighted by molar-refractivity contribution is -0.172. The highest BCUT2D eigenvalue weighted by atomic mass is 16.5. The van der Waals surface area contributed by atoms with Gasteiger partial charge in [0.25, 0.3) is 0 Å². The van der Waals surface area contributed by atoms with Crippen molar-refractivity contribution in [1.82, 2.24) is 0 Å². The summed E-state index contributed by atoms with van der Waals surface area (Å²) in [7, 11) is 0. The van der Waals surface area contributed by atoms with Crippen LogP contribution in [0.2, 0.25) is 0 Å². The number of carboxylic acids is 2. The lowest BCUT2D eigenvalue weighted by Gasteiger charge is -2.40. The minimum Gasteiger partial charge on any atom is -0.481 e. The average molecular weight is 214 g/mol. The van der Waals surface area contributed by atoms with Crippen LogP contribution in [-0.2, 0) is 14.3 Å². The monoisotopic (exact) mass is 214 g/mol. The first-order valence-electron chi connectivity index (χ1n) is 4.97. The maximum Gasteiger partial charge on any atom is 0.313 e. The molecule has 2 saturated heterocycles. The van der Waals surface area contributed by atoms with E-state index in [-0.39, 0.29) is 0 Å². The van der Waals surface area contributed by atoms with Gasteiger partial charge in [0.1, 0.15) is 10.8 Å². The highest BCUT2D eigenvalue weighted by Gasteiger charge is 2.71. The number of carbonyl (C=O) groups is 2. The van der Waals surface area contributed by atoms with E-state index in [0.717, 1.165) is 0 Å². The molecule has 2 heterocycles. The third-order valence-corrected chi connectivity index (χ3v) is 4.27. The minimum absolute atomic E-state index is 0.471. The summed E-state index contributed by atoms with van der Waals surface area (Å²) in [5.41, 5.74) is -2.64. The van der Waals surface area contributed by atoms with Crippen LogP contribution in [0.1, 0.15) is 26.7 Å². The van der Waals surface area contributed by atoms with Gasteiger partial charge >= 0.3 is 11.9 Å². The van der Waals surface area contributed by atoms with Gasteiger partial charge in [-0.15, -0.1) is 0 Å². The quantitative estimate of drug-likeness (QED) is 0.707. The van der Waals surface area contributed by atoms with E-state index in [1.165, 1.54) is 13.8 Å². The van der Waals surface area contributed by atoms with Crippen molar-refractivity contribution in [3.05, 3.63) is 0 Å². The topological polar surface area (TPSA) is 83.8 Å². The van der Waals surface area contributed by atoms with Gasteiger partial charge in [-0.05, 0) is 26.7 Å². The van der Waals surface area contributed by atoms with E-state index in [1.54, 1.807) is 0 Å². The Bertz CT molecular complexity index is 307. The largest absolute Gasteiger partial charge is 0.481 e. The molecule has 0 amide bonds. The Morgan fingerprint density at radius 1 is 1.07 bits per heavy atom. The zero-order valence-electron chi connectivity index (χ0n) is 8.69. The molecule has 0 unspecified atom stereocenters. The third-order valence-electron chi connectivity index (χ3n) is 4.27. The van der Waals surface area contributed by atoms with E-state index < -0.39 is 35.0 Å². The van der Waals surface area contributed by atoms with Gasteiger partial charge in [0.05, 0.1) is 12.2 Å². The molecule has 5 heteroatoms. The van der Waals surface area contributed by atoms with E-state index in [1.807, 2.05) is 0 Å². The van der Waals surface area contributed by atoms with Gasteiger partial charge in [0.15, 0.2) is 0 Å². The molecule has 0 aromatic heterocycles. The molecule has 0 aliphatic carbocycles. The first-order chi connectivity index (χ1) is 6.85. The minimum atomic E-state index is -1.32. The van der Waals surface area contributed by atoms with Crippen molar-refractivity contribution in [2.45, 2.75) is 38.9 Å². The van der Waals surface area contributed by atoms with E-state index in [9.17, 15) is 19.8 Å². The maximum absolute atomic E-state index is 11.3. The number of carboxylic acid groups (broad SMARTS) is 2. The van der Waals surface area contributed by atoms with Crippen LogP contribution in [0.5, 0.6) is 0 Å². The Labute approximate surface area is 87.0 Å². The summed E-state index contributed by atoms with van der Waals surface area (Å²) in [6.45, 7) is 2.96. The van der Waals surface area contributed by atoms with E-state index in [0.29, 0.717) is 12.8 Å². The van der Waals surface area contributed by atoms with Crippen LogP contribution in [0, 0.1) is 10.8 Å². The molecule has 84 valence electrons. The predicted molar refractivity (Wildman–Crippen MR) is 49.4 cm³/mol. The first kappa shape index (κ1) is 10.4. The summed E-state index contributed by atoms with van der Waals surface area (Å²) in [6.07, 6.45) is 0.328. The second-order valence-electron chi connectivity index (χ2n) is 4.71. The Kier molecular flexibility index (Phi) is 1.89. The second-order valence-corrected chi connectivity index (χ2v) is 4.71. The summed E-state index contributed by atoms with van der Waals surface area (Å²) in [5.74, 6) is -2.17. The highest BCUT2D eigenvalue weighted by Crippen LogP contribution is 2.59. The molecule has 0 saturated carbocycles. The molecule has 2 rings (SSSR count). The van der Waals surface area contributed by atoms with Crippen molar-refractivity contribution in [1.29, 1.82) is 0 Å². The summed E-state index contributed by atoms with van der Waals surface area (Å²) in [4.78, 5) is 22.6. The van der Waals surface area contributed by atoms with Gasteiger partial charge in [0, 0.05) is 0 Å². The molecular weight excluding hydrogens is 200 g/mol. The van der Waals surface area contributed by atoms with Crippen LogP contribution in [0.3, 0.4) is 0 Å². The Balaban J connectivity index is 2.53. The summed E-state index contributed by atoms with van der Waals surface area (Å²) in [5, 5.41) is 18.5. The molecule has 0 aromatic carbocycles. The van der Waals surface area contributed by atoms with Gasteiger partial charge in [-0.25, -0.2) is 0 Å². The number of fused-ring (bicyclic) bond motifs is 2. The molecule has 0 aromatic rings. The van der Waals surface area contributed by atoms with Gasteiger partial charge in [-0.2, -0.15) is 0 Å². The average Bonchev–Trinajstić information content (AvgIpc) is 2.69. The first-order valence-corrected chi connectivity index (χ1v) is 4.97. The van der Waals surface area contributed by atoms with Crippen molar-refractivity contribution in [3.63, 3.8) is 0 Å². The molecule has 15 heavy (non-hydrogen) atoms. The summed E-state index contributed by atoms with van der Waals surface area (Å²) >= 11 is 0. The molecule has 2 bridgehead atoms. The number of aliphatic carboxylic acids is 2. The van der Waals surface area contributed by atoms with Crippen molar-refractivity contribution in [3.8, 4) is 0 Å². The van der Waals surface area contributed by atoms with E-state index in [4.69, 9.17) is 4.74 Å². The highest BCUT2D eigenvalue weighted by molar-refractivity contribution is 5.88. The van der Waals surface area contributed by atoms with Crippen LogP contribution in [0.4, 0.5) is 0 Å². The van der Waals surface area contributed by atoms with Crippen LogP contribution in [0.25, 0.3) is 0 Å². The van der Waals surface area contributed by atoms with Gasteiger partial charge in [0.2, 0.25) is 0 Å². The van der Waals surface area contributed by atoms with Crippen molar-refractivity contribution in [2.75, 3.05) is 0 Å². The summed E-state index contributed by atoms with van der Waals surface area (Å²) < 4.78 is 5.46. The third kappa shape index (κ3) is 0.916. The van der Waals surface area contributed by atoms with E-state index >= 15 is 0 Å². The smallest absolute Gasteiger partial charge is 0.313 e.